The molecule has 0 saturated carbocycles. The van der Waals surface area contributed by atoms with Crippen LogP contribution in [0.25, 0.3) is 11.0 Å². The molecule has 0 aromatic carbocycles. The molecule has 0 N–H and O–H groups in total. The van der Waals surface area contributed by atoms with Crippen molar-refractivity contribution < 1.29 is 9.53 Å². The third-order valence-electron chi connectivity index (χ3n) is 4.80. The summed E-state index contributed by atoms with van der Waals surface area (Å²) in [6.07, 6.45) is 3.77. The van der Waals surface area contributed by atoms with Crippen molar-refractivity contribution in [1.29, 1.82) is 0 Å². The summed E-state index contributed by atoms with van der Waals surface area (Å²) < 4.78 is 7.63. The van der Waals surface area contributed by atoms with Gasteiger partial charge in [0.1, 0.15) is 16.2 Å². The number of likely N-dealkylation sites (tertiary alicyclic amines) is 1. The minimum absolute atomic E-state index is 0.0918. The third kappa shape index (κ3) is 2.50. The summed E-state index contributed by atoms with van der Waals surface area (Å²) in [6, 6.07) is 3.41. The molecule has 126 valence electrons. The number of carbonyl (C=O) groups excluding carboxylic acids is 1. The molecule has 4 heterocycles. The summed E-state index contributed by atoms with van der Waals surface area (Å²) in [5, 5.41) is 0.247. The normalized spacial score (nSPS) is 23.0. The van der Waals surface area contributed by atoms with Crippen LogP contribution in [-0.4, -0.2) is 45.7 Å². The standard InChI is InChI=1S/C17H18ClN3O3/c1-2-20-9-12(16(22)15-13(20)5-6-14(18)19-15)17(23)21-7-10-3-4-11(8-21)24-10/h5-6,9-11H,2-4,7-8H2,1H3. The number of carbonyl (C=O) groups is 1. The van der Waals surface area contributed by atoms with E-state index in [1.54, 1.807) is 23.2 Å². The van der Waals surface area contributed by atoms with Crippen LogP contribution in [0.15, 0.2) is 23.1 Å². The molecule has 1 amide bonds. The van der Waals surface area contributed by atoms with Crippen LogP contribution in [0.2, 0.25) is 5.15 Å². The molecule has 6 nitrogen and oxygen atoms in total. The maximum absolute atomic E-state index is 12.9. The molecule has 2 unspecified atom stereocenters. The largest absolute Gasteiger partial charge is 0.371 e. The van der Waals surface area contributed by atoms with Gasteiger partial charge in [-0.05, 0) is 31.9 Å². The molecular formula is C17H18ClN3O3. The average Bonchev–Trinajstić information content (AvgIpc) is 2.93. The summed E-state index contributed by atoms with van der Waals surface area (Å²) in [4.78, 5) is 31.6. The molecule has 2 atom stereocenters. The van der Waals surface area contributed by atoms with Gasteiger partial charge >= 0.3 is 0 Å². The van der Waals surface area contributed by atoms with E-state index in [9.17, 15) is 9.59 Å². The number of rotatable bonds is 2. The highest BCUT2D eigenvalue weighted by molar-refractivity contribution is 6.29. The van der Waals surface area contributed by atoms with E-state index in [1.165, 1.54) is 0 Å². The molecule has 2 aliphatic heterocycles. The van der Waals surface area contributed by atoms with Gasteiger partial charge in [0.25, 0.3) is 5.91 Å². The number of halogens is 1. The summed E-state index contributed by atoms with van der Waals surface area (Å²) in [5.74, 6) is -0.244. The van der Waals surface area contributed by atoms with Crippen molar-refractivity contribution in [2.24, 2.45) is 0 Å². The Labute approximate surface area is 144 Å². The van der Waals surface area contributed by atoms with Gasteiger partial charge in [0.2, 0.25) is 5.43 Å². The van der Waals surface area contributed by atoms with Crippen LogP contribution < -0.4 is 5.43 Å². The number of hydrogen-bond donors (Lipinski definition) is 0. The Hall–Kier alpha value is -1.92. The van der Waals surface area contributed by atoms with Gasteiger partial charge in [-0.15, -0.1) is 0 Å². The zero-order chi connectivity index (χ0) is 16.8. The topological polar surface area (TPSA) is 64.4 Å². The Kier molecular flexibility index (Phi) is 3.81. The first-order valence-electron chi connectivity index (χ1n) is 8.21. The number of nitrogens with zero attached hydrogens (tertiary/aromatic N) is 3. The van der Waals surface area contributed by atoms with Gasteiger partial charge < -0.3 is 14.2 Å². The van der Waals surface area contributed by atoms with Crippen molar-refractivity contribution >= 4 is 28.5 Å². The highest BCUT2D eigenvalue weighted by atomic mass is 35.5. The Balaban J connectivity index is 1.80. The number of ether oxygens (including phenoxy) is 1. The van der Waals surface area contributed by atoms with E-state index in [4.69, 9.17) is 16.3 Å². The van der Waals surface area contributed by atoms with Crippen LogP contribution in [0.4, 0.5) is 0 Å². The minimum atomic E-state index is -0.360. The highest BCUT2D eigenvalue weighted by Gasteiger charge is 2.36. The van der Waals surface area contributed by atoms with Crippen molar-refractivity contribution in [1.82, 2.24) is 14.5 Å². The Morgan fingerprint density at radius 3 is 2.71 bits per heavy atom. The molecule has 2 aromatic heterocycles. The Bertz CT molecular complexity index is 867. The SMILES string of the molecule is CCn1cc(C(=O)N2CC3CCC(C2)O3)c(=O)c2nc(Cl)ccc21. The van der Waals surface area contributed by atoms with Gasteiger partial charge in [-0.25, -0.2) is 4.98 Å². The zero-order valence-corrected chi connectivity index (χ0v) is 14.1. The van der Waals surface area contributed by atoms with Crippen LogP contribution in [0, 0.1) is 0 Å². The monoisotopic (exact) mass is 347 g/mol. The van der Waals surface area contributed by atoms with E-state index >= 15 is 0 Å². The van der Waals surface area contributed by atoms with Crippen LogP contribution in [0.5, 0.6) is 0 Å². The lowest BCUT2D eigenvalue weighted by Gasteiger charge is -2.32. The van der Waals surface area contributed by atoms with E-state index in [0.29, 0.717) is 25.2 Å². The lowest BCUT2D eigenvalue weighted by Crippen LogP contribution is -2.47. The fraction of sp³-hybridized carbons (Fsp3) is 0.471. The second kappa shape index (κ2) is 5.86. The molecule has 24 heavy (non-hydrogen) atoms. The van der Waals surface area contributed by atoms with Crippen molar-refractivity contribution in [2.75, 3.05) is 13.1 Å². The third-order valence-corrected chi connectivity index (χ3v) is 5.01. The number of aryl methyl sites for hydroxylation is 1. The van der Waals surface area contributed by atoms with Crippen LogP contribution in [0.3, 0.4) is 0 Å². The highest BCUT2D eigenvalue weighted by Crippen LogP contribution is 2.27. The molecule has 2 saturated heterocycles. The number of fused-ring (bicyclic) bond motifs is 3. The zero-order valence-electron chi connectivity index (χ0n) is 13.4. The number of morpholine rings is 1. The molecule has 2 bridgehead atoms. The smallest absolute Gasteiger partial charge is 0.259 e. The first-order valence-corrected chi connectivity index (χ1v) is 8.59. The number of hydrogen-bond acceptors (Lipinski definition) is 4. The summed E-state index contributed by atoms with van der Waals surface area (Å²) >= 11 is 5.94. The molecule has 0 radical (unpaired) electrons. The first kappa shape index (κ1) is 15.6. The fourth-order valence-electron chi connectivity index (χ4n) is 3.60. The van der Waals surface area contributed by atoms with Crippen molar-refractivity contribution in [3.63, 3.8) is 0 Å². The number of aromatic nitrogens is 2. The fourth-order valence-corrected chi connectivity index (χ4v) is 3.75. The molecule has 4 rings (SSSR count). The number of amides is 1. The quantitative estimate of drug-likeness (QED) is 0.780. The van der Waals surface area contributed by atoms with Gasteiger partial charge in [0.15, 0.2) is 0 Å². The Morgan fingerprint density at radius 2 is 2.04 bits per heavy atom. The van der Waals surface area contributed by atoms with Crippen LogP contribution >= 0.6 is 11.6 Å². The predicted molar refractivity (Wildman–Crippen MR) is 90.5 cm³/mol. The van der Waals surface area contributed by atoms with Gasteiger partial charge in [0, 0.05) is 25.8 Å². The van der Waals surface area contributed by atoms with Gasteiger partial charge in [-0.3, -0.25) is 9.59 Å². The van der Waals surface area contributed by atoms with E-state index in [0.717, 1.165) is 12.8 Å². The Morgan fingerprint density at radius 1 is 1.33 bits per heavy atom. The summed E-state index contributed by atoms with van der Waals surface area (Å²) in [6.45, 7) is 3.68. The van der Waals surface area contributed by atoms with E-state index in [2.05, 4.69) is 4.98 Å². The average molecular weight is 348 g/mol. The lowest BCUT2D eigenvalue weighted by atomic mass is 10.1. The molecule has 2 fully saturated rings. The second-order valence-corrected chi connectivity index (χ2v) is 6.71. The van der Waals surface area contributed by atoms with E-state index < -0.39 is 0 Å². The molecule has 2 aliphatic rings. The van der Waals surface area contributed by atoms with Crippen LogP contribution in [-0.2, 0) is 11.3 Å². The summed E-state index contributed by atoms with van der Waals surface area (Å²) in [7, 11) is 0. The lowest BCUT2D eigenvalue weighted by molar-refractivity contribution is -0.0304. The first-order chi connectivity index (χ1) is 11.6. The molecule has 2 aromatic rings. The minimum Gasteiger partial charge on any atom is -0.371 e. The number of pyridine rings is 2. The van der Waals surface area contributed by atoms with Crippen molar-refractivity contribution in [2.45, 2.75) is 38.5 Å². The summed E-state index contributed by atoms with van der Waals surface area (Å²) in [5.41, 5.74) is 0.721. The maximum atomic E-state index is 12.9. The van der Waals surface area contributed by atoms with Crippen molar-refractivity contribution in [3.8, 4) is 0 Å². The predicted octanol–water partition coefficient (Wildman–Crippen LogP) is 2.07. The van der Waals surface area contributed by atoms with E-state index in [1.807, 2.05) is 11.5 Å². The molecule has 7 heteroatoms. The maximum Gasteiger partial charge on any atom is 0.259 e. The second-order valence-electron chi connectivity index (χ2n) is 6.33. The van der Waals surface area contributed by atoms with Gasteiger partial charge in [-0.2, -0.15) is 0 Å². The van der Waals surface area contributed by atoms with Crippen molar-refractivity contribution in [3.05, 3.63) is 39.3 Å². The van der Waals surface area contributed by atoms with E-state index in [-0.39, 0.29) is 39.8 Å². The molecule has 0 spiro atoms. The molecule has 0 aliphatic carbocycles. The van der Waals surface area contributed by atoms with Gasteiger partial charge in [-0.1, -0.05) is 11.6 Å². The van der Waals surface area contributed by atoms with Crippen LogP contribution in [0.1, 0.15) is 30.1 Å². The van der Waals surface area contributed by atoms with Gasteiger partial charge in [0.05, 0.1) is 17.7 Å². The molecular weight excluding hydrogens is 330 g/mol.